The van der Waals surface area contributed by atoms with Crippen LogP contribution in [0.2, 0.25) is 0 Å². The number of phenolic OH excluding ortho intramolecular Hbond substituents is 1. The lowest BCUT2D eigenvalue weighted by Gasteiger charge is -2.12. The summed E-state index contributed by atoms with van der Waals surface area (Å²) in [4.78, 5) is 0. The molecule has 82 valence electrons. The highest BCUT2D eigenvalue weighted by Gasteiger charge is 2.08. The minimum Gasteiger partial charge on any atom is -0.508 e. The lowest BCUT2D eigenvalue weighted by molar-refractivity contribution is 0.474. The molecule has 0 aliphatic heterocycles. The Morgan fingerprint density at radius 2 is 1.75 bits per heavy atom. The summed E-state index contributed by atoms with van der Waals surface area (Å²) in [7, 11) is 0. The van der Waals surface area contributed by atoms with E-state index in [2.05, 4.69) is 19.1 Å². The van der Waals surface area contributed by atoms with Crippen LogP contribution in [0.5, 0.6) is 5.75 Å². The van der Waals surface area contributed by atoms with Crippen LogP contribution in [0.3, 0.4) is 0 Å². The Balaban J connectivity index is 2.64. The Kier molecular flexibility index (Phi) is 2.95. The molecule has 0 saturated heterocycles. The third-order valence-corrected chi connectivity index (χ3v) is 2.85. The zero-order valence-electron chi connectivity index (χ0n) is 9.70. The largest absolute Gasteiger partial charge is 0.508 e. The zero-order chi connectivity index (χ0) is 11.5. The van der Waals surface area contributed by atoms with Gasteiger partial charge in [-0.25, -0.2) is 0 Å². The standard InChI is InChI=1S/C15H16O/c1-3-12-10-14(16)9-11(2)15(12)13-7-5-4-6-8-13/h4-10,16H,3H2,1-2H3. The summed E-state index contributed by atoms with van der Waals surface area (Å²) >= 11 is 0. The molecule has 0 spiro atoms. The maximum atomic E-state index is 9.60. The van der Waals surface area contributed by atoms with Gasteiger partial charge in [0, 0.05) is 0 Å². The van der Waals surface area contributed by atoms with E-state index in [9.17, 15) is 5.11 Å². The molecule has 0 aliphatic carbocycles. The van der Waals surface area contributed by atoms with E-state index in [4.69, 9.17) is 0 Å². The van der Waals surface area contributed by atoms with Crippen LogP contribution >= 0.6 is 0 Å². The molecule has 1 heteroatoms. The second-order valence-electron chi connectivity index (χ2n) is 4.02. The fourth-order valence-corrected chi connectivity index (χ4v) is 2.14. The Hall–Kier alpha value is -1.76. The lowest BCUT2D eigenvalue weighted by atomic mass is 9.93. The first-order chi connectivity index (χ1) is 7.72. The van der Waals surface area contributed by atoms with Gasteiger partial charge in [0.2, 0.25) is 0 Å². The van der Waals surface area contributed by atoms with Gasteiger partial charge in [-0.3, -0.25) is 0 Å². The Morgan fingerprint density at radius 1 is 1.06 bits per heavy atom. The van der Waals surface area contributed by atoms with E-state index in [1.165, 1.54) is 16.7 Å². The Bertz CT molecular complexity index is 486. The number of phenols is 1. The first kappa shape index (κ1) is 10.7. The predicted molar refractivity (Wildman–Crippen MR) is 67.7 cm³/mol. The molecule has 2 rings (SSSR count). The van der Waals surface area contributed by atoms with Crippen molar-refractivity contribution in [1.29, 1.82) is 0 Å². The molecular weight excluding hydrogens is 196 g/mol. The van der Waals surface area contributed by atoms with Gasteiger partial charge in [-0.1, -0.05) is 37.3 Å². The Morgan fingerprint density at radius 3 is 2.38 bits per heavy atom. The highest BCUT2D eigenvalue weighted by molar-refractivity contribution is 5.72. The molecule has 0 atom stereocenters. The first-order valence-electron chi connectivity index (χ1n) is 5.60. The van der Waals surface area contributed by atoms with Crippen molar-refractivity contribution in [1.82, 2.24) is 0 Å². The van der Waals surface area contributed by atoms with E-state index in [0.29, 0.717) is 5.75 Å². The normalized spacial score (nSPS) is 10.4. The molecule has 1 N–H and O–H groups in total. The monoisotopic (exact) mass is 212 g/mol. The number of benzene rings is 2. The number of hydrogen-bond acceptors (Lipinski definition) is 1. The van der Waals surface area contributed by atoms with Gasteiger partial charge < -0.3 is 5.11 Å². The van der Waals surface area contributed by atoms with Gasteiger partial charge in [0.15, 0.2) is 0 Å². The van der Waals surface area contributed by atoms with Gasteiger partial charge in [0.05, 0.1) is 0 Å². The number of aryl methyl sites for hydroxylation is 2. The van der Waals surface area contributed by atoms with Crippen molar-refractivity contribution in [2.24, 2.45) is 0 Å². The lowest BCUT2D eigenvalue weighted by Crippen LogP contribution is -1.91. The van der Waals surface area contributed by atoms with Crippen LogP contribution in [-0.2, 0) is 6.42 Å². The molecule has 0 bridgehead atoms. The van der Waals surface area contributed by atoms with E-state index >= 15 is 0 Å². The second-order valence-corrected chi connectivity index (χ2v) is 4.02. The van der Waals surface area contributed by atoms with Crippen molar-refractivity contribution in [2.45, 2.75) is 20.3 Å². The zero-order valence-corrected chi connectivity index (χ0v) is 9.70. The number of rotatable bonds is 2. The molecule has 2 aromatic carbocycles. The van der Waals surface area contributed by atoms with Crippen LogP contribution in [0.15, 0.2) is 42.5 Å². The third-order valence-electron chi connectivity index (χ3n) is 2.85. The molecule has 0 amide bonds. The molecule has 0 aromatic heterocycles. The highest BCUT2D eigenvalue weighted by Crippen LogP contribution is 2.31. The molecule has 0 unspecified atom stereocenters. The molecule has 0 fully saturated rings. The van der Waals surface area contributed by atoms with E-state index in [-0.39, 0.29) is 0 Å². The van der Waals surface area contributed by atoms with Crippen molar-refractivity contribution in [3.8, 4) is 16.9 Å². The molecule has 0 aliphatic rings. The topological polar surface area (TPSA) is 20.2 Å². The molecule has 0 heterocycles. The minimum absolute atomic E-state index is 0.356. The van der Waals surface area contributed by atoms with E-state index < -0.39 is 0 Å². The summed E-state index contributed by atoms with van der Waals surface area (Å²) in [6.45, 7) is 4.15. The van der Waals surface area contributed by atoms with E-state index in [1.807, 2.05) is 37.3 Å². The molecular formula is C15H16O. The maximum Gasteiger partial charge on any atom is 0.116 e. The van der Waals surface area contributed by atoms with Crippen LogP contribution in [0, 0.1) is 6.92 Å². The summed E-state index contributed by atoms with van der Waals surface area (Å²) < 4.78 is 0. The first-order valence-corrected chi connectivity index (χ1v) is 5.60. The second kappa shape index (κ2) is 4.40. The van der Waals surface area contributed by atoms with Crippen molar-refractivity contribution in [3.63, 3.8) is 0 Å². The van der Waals surface area contributed by atoms with E-state index in [1.54, 1.807) is 0 Å². The van der Waals surface area contributed by atoms with Gasteiger partial charge in [-0.05, 0) is 47.7 Å². The highest BCUT2D eigenvalue weighted by atomic mass is 16.3. The summed E-state index contributed by atoms with van der Waals surface area (Å²) in [5, 5.41) is 9.60. The summed E-state index contributed by atoms with van der Waals surface area (Å²) in [5.74, 6) is 0.356. The van der Waals surface area contributed by atoms with Gasteiger partial charge in [0.25, 0.3) is 0 Å². The van der Waals surface area contributed by atoms with Crippen molar-refractivity contribution in [2.75, 3.05) is 0 Å². The molecule has 2 aromatic rings. The van der Waals surface area contributed by atoms with Gasteiger partial charge in [0.1, 0.15) is 5.75 Å². The summed E-state index contributed by atoms with van der Waals surface area (Å²) in [6.07, 6.45) is 0.930. The van der Waals surface area contributed by atoms with Crippen LogP contribution in [0.1, 0.15) is 18.1 Å². The quantitative estimate of drug-likeness (QED) is 0.799. The average Bonchev–Trinajstić information content (AvgIpc) is 2.29. The van der Waals surface area contributed by atoms with Crippen LogP contribution in [-0.4, -0.2) is 5.11 Å². The third kappa shape index (κ3) is 1.94. The molecule has 16 heavy (non-hydrogen) atoms. The van der Waals surface area contributed by atoms with Crippen molar-refractivity contribution in [3.05, 3.63) is 53.6 Å². The minimum atomic E-state index is 0.356. The van der Waals surface area contributed by atoms with Crippen LogP contribution in [0.25, 0.3) is 11.1 Å². The number of hydrogen-bond donors (Lipinski definition) is 1. The fraction of sp³-hybridized carbons (Fsp3) is 0.200. The van der Waals surface area contributed by atoms with Crippen LogP contribution < -0.4 is 0 Å². The fourth-order valence-electron chi connectivity index (χ4n) is 2.14. The molecule has 1 nitrogen and oxygen atoms in total. The summed E-state index contributed by atoms with van der Waals surface area (Å²) in [6, 6.07) is 14.0. The summed E-state index contributed by atoms with van der Waals surface area (Å²) in [5.41, 5.74) is 4.80. The van der Waals surface area contributed by atoms with Gasteiger partial charge in [-0.2, -0.15) is 0 Å². The van der Waals surface area contributed by atoms with Gasteiger partial charge >= 0.3 is 0 Å². The molecule has 0 saturated carbocycles. The van der Waals surface area contributed by atoms with Crippen LogP contribution in [0.4, 0.5) is 0 Å². The SMILES string of the molecule is CCc1cc(O)cc(C)c1-c1ccccc1. The predicted octanol–water partition coefficient (Wildman–Crippen LogP) is 3.93. The average molecular weight is 212 g/mol. The van der Waals surface area contributed by atoms with E-state index in [0.717, 1.165) is 12.0 Å². The smallest absolute Gasteiger partial charge is 0.116 e. The molecule has 0 radical (unpaired) electrons. The Labute approximate surface area is 96.4 Å². The van der Waals surface area contributed by atoms with Crippen molar-refractivity contribution >= 4 is 0 Å². The van der Waals surface area contributed by atoms with Crippen molar-refractivity contribution < 1.29 is 5.11 Å². The maximum absolute atomic E-state index is 9.60. The van der Waals surface area contributed by atoms with Gasteiger partial charge in [-0.15, -0.1) is 0 Å². The number of aromatic hydroxyl groups is 1.